The van der Waals surface area contributed by atoms with Crippen molar-refractivity contribution >= 4 is 12.0 Å². The van der Waals surface area contributed by atoms with Gasteiger partial charge in [0.05, 0.1) is 0 Å². The maximum atomic E-state index is 12.5. The summed E-state index contributed by atoms with van der Waals surface area (Å²) in [5.41, 5.74) is -1.03. The van der Waals surface area contributed by atoms with E-state index in [-0.39, 0.29) is 6.03 Å². The number of urea groups is 1. The lowest BCUT2D eigenvalue weighted by atomic mass is 10.00. The second-order valence-electron chi connectivity index (χ2n) is 5.97. The molecule has 2 unspecified atom stereocenters. The average molecular weight is 269 g/mol. The molecule has 6 heteroatoms. The molecule has 2 rings (SSSR count). The maximum absolute atomic E-state index is 12.5. The largest absolute Gasteiger partial charge is 0.480 e. The van der Waals surface area contributed by atoms with Crippen LogP contribution < -0.4 is 0 Å². The fourth-order valence-corrected chi connectivity index (χ4v) is 3.00. The highest BCUT2D eigenvalue weighted by Gasteiger charge is 2.47. The Balaban J connectivity index is 2.06. The van der Waals surface area contributed by atoms with Crippen molar-refractivity contribution in [1.82, 2.24) is 14.7 Å². The minimum absolute atomic E-state index is 0.119. The van der Waals surface area contributed by atoms with E-state index in [1.165, 1.54) is 4.90 Å². The summed E-state index contributed by atoms with van der Waals surface area (Å²) in [4.78, 5) is 29.4. The first-order valence-corrected chi connectivity index (χ1v) is 6.82. The third kappa shape index (κ3) is 2.41. The number of rotatable bonds is 2. The Kier molecular flexibility index (Phi) is 3.71. The minimum atomic E-state index is -1.03. The quantitative estimate of drug-likeness (QED) is 0.801. The van der Waals surface area contributed by atoms with Gasteiger partial charge in [0.1, 0.15) is 5.54 Å². The van der Waals surface area contributed by atoms with E-state index in [9.17, 15) is 14.7 Å². The van der Waals surface area contributed by atoms with E-state index < -0.39 is 11.5 Å². The lowest BCUT2D eigenvalue weighted by Gasteiger charge is -2.34. The monoisotopic (exact) mass is 269 g/mol. The van der Waals surface area contributed by atoms with Crippen LogP contribution in [-0.4, -0.2) is 77.1 Å². The molecule has 1 N–H and O–H groups in total. The van der Waals surface area contributed by atoms with Crippen LogP contribution in [0.2, 0.25) is 0 Å². The predicted octanol–water partition coefficient (Wildman–Crippen LogP) is 0.681. The fourth-order valence-electron chi connectivity index (χ4n) is 3.00. The van der Waals surface area contributed by atoms with Crippen molar-refractivity contribution < 1.29 is 14.7 Å². The summed E-state index contributed by atoms with van der Waals surface area (Å²) in [6.45, 7) is 3.61. The van der Waals surface area contributed by atoms with E-state index >= 15 is 0 Å². The molecule has 0 aromatic rings. The van der Waals surface area contributed by atoms with E-state index in [1.807, 2.05) is 14.1 Å². The van der Waals surface area contributed by atoms with Crippen LogP contribution >= 0.6 is 0 Å². The number of carbonyl (C=O) groups is 2. The number of amides is 2. The van der Waals surface area contributed by atoms with Crippen LogP contribution in [-0.2, 0) is 4.79 Å². The van der Waals surface area contributed by atoms with Crippen LogP contribution in [0.4, 0.5) is 4.79 Å². The van der Waals surface area contributed by atoms with E-state index in [4.69, 9.17) is 0 Å². The maximum Gasteiger partial charge on any atom is 0.329 e. The number of hydrogen-bond donors (Lipinski definition) is 1. The van der Waals surface area contributed by atoms with Crippen LogP contribution in [0.25, 0.3) is 0 Å². The minimum Gasteiger partial charge on any atom is -0.480 e. The summed E-state index contributed by atoms with van der Waals surface area (Å²) in [7, 11) is 4.02. The summed E-state index contributed by atoms with van der Waals surface area (Å²) in [6.07, 6.45) is 2.26. The van der Waals surface area contributed by atoms with Gasteiger partial charge in [-0.2, -0.15) is 0 Å². The smallest absolute Gasteiger partial charge is 0.329 e. The molecule has 19 heavy (non-hydrogen) atoms. The third-order valence-corrected chi connectivity index (χ3v) is 4.50. The van der Waals surface area contributed by atoms with Crippen LogP contribution in [0, 0.1) is 0 Å². The van der Waals surface area contributed by atoms with E-state index in [0.29, 0.717) is 32.1 Å². The molecule has 108 valence electrons. The average Bonchev–Trinajstić information content (AvgIpc) is 2.95. The lowest BCUT2D eigenvalue weighted by molar-refractivity contribution is -0.147. The summed E-state index contributed by atoms with van der Waals surface area (Å²) in [5, 5.41) is 9.35. The highest BCUT2D eigenvalue weighted by molar-refractivity contribution is 5.86. The summed E-state index contributed by atoms with van der Waals surface area (Å²) in [5.74, 6) is -0.901. The van der Waals surface area contributed by atoms with E-state index in [0.717, 1.165) is 12.8 Å². The molecule has 2 amide bonds. The van der Waals surface area contributed by atoms with Crippen LogP contribution in [0.1, 0.15) is 26.2 Å². The van der Waals surface area contributed by atoms with Gasteiger partial charge in [0.15, 0.2) is 0 Å². The van der Waals surface area contributed by atoms with Crippen molar-refractivity contribution in [2.75, 3.05) is 33.7 Å². The molecular formula is C13H23N3O3. The zero-order chi connectivity index (χ0) is 14.2. The van der Waals surface area contributed by atoms with Gasteiger partial charge in [0.25, 0.3) is 0 Å². The fraction of sp³-hybridized carbons (Fsp3) is 0.846. The molecule has 2 saturated heterocycles. The van der Waals surface area contributed by atoms with Crippen LogP contribution in [0.15, 0.2) is 0 Å². The van der Waals surface area contributed by atoms with Crippen molar-refractivity contribution in [3.05, 3.63) is 0 Å². The number of nitrogens with zero attached hydrogens (tertiary/aromatic N) is 3. The topological polar surface area (TPSA) is 64.1 Å². The number of likely N-dealkylation sites (tertiary alicyclic amines) is 2. The van der Waals surface area contributed by atoms with Crippen molar-refractivity contribution in [2.24, 2.45) is 0 Å². The first-order chi connectivity index (χ1) is 8.86. The molecule has 0 aromatic heterocycles. The van der Waals surface area contributed by atoms with Crippen LogP contribution in [0.5, 0.6) is 0 Å². The van der Waals surface area contributed by atoms with E-state index in [2.05, 4.69) is 4.90 Å². The van der Waals surface area contributed by atoms with Gasteiger partial charge in [0, 0.05) is 25.7 Å². The molecule has 0 bridgehead atoms. The Bertz CT molecular complexity index is 385. The normalized spacial score (nSPS) is 31.3. The second kappa shape index (κ2) is 5.00. The van der Waals surface area contributed by atoms with Gasteiger partial charge in [-0.25, -0.2) is 9.59 Å². The van der Waals surface area contributed by atoms with Crippen LogP contribution in [0.3, 0.4) is 0 Å². The molecule has 0 aromatic carbocycles. The van der Waals surface area contributed by atoms with Gasteiger partial charge in [-0.05, 0) is 40.3 Å². The van der Waals surface area contributed by atoms with Crippen molar-refractivity contribution in [3.63, 3.8) is 0 Å². The molecule has 2 aliphatic heterocycles. The second-order valence-corrected chi connectivity index (χ2v) is 5.97. The molecule has 0 aliphatic carbocycles. The molecule has 6 nitrogen and oxygen atoms in total. The number of carboxylic acid groups (broad SMARTS) is 1. The molecule has 2 heterocycles. The summed E-state index contributed by atoms with van der Waals surface area (Å²) in [6, 6.07) is 0.259. The highest BCUT2D eigenvalue weighted by Crippen LogP contribution is 2.31. The number of likely N-dealkylation sites (N-methyl/N-ethyl adjacent to an activating group) is 1. The first-order valence-electron chi connectivity index (χ1n) is 6.82. The molecule has 0 saturated carbocycles. The third-order valence-electron chi connectivity index (χ3n) is 4.50. The van der Waals surface area contributed by atoms with Crippen molar-refractivity contribution in [3.8, 4) is 0 Å². The number of carboxylic acids is 1. The Morgan fingerprint density at radius 1 is 1.32 bits per heavy atom. The molecular weight excluding hydrogens is 246 g/mol. The van der Waals surface area contributed by atoms with Crippen molar-refractivity contribution in [2.45, 2.75) is 37.8 Å². The Morgan fingerprint density at radius 3 is 2.53 bits per heavy atom. The molecule has 0 spiro atoms. The predicted molar refractivity (Wildman–Crippen MR) is 71.0 cm³/mol. The van der Waals surface area contributed by atoms with E-state index in [1.54, 1.807) is 11.8 Å². The SMILES string of the molecule is CN(C)C1CCN(C(=O)N2CCCC2(C)C(=O)O)C1. The van der Waals surface area contributed by atoms with Crippen molar-refractivity contribution in [1.29, 1.82) is 0 Å². The van der Waals surface area contributed by atoms with Gasteiger partial charge in [-0.3, -0.25) is 0 Å². The van der Waals surface area contributed by atoms with Gasteiger partial charge < -0.3 is 19.8 Å². The summed E-state index contributed by atoms with van der Waals surface area (Å²) >= 11 is 0. The highest BCUT2D eigenvalue weighted by atomic mass is 16.4. The number of aliphatic carboxylic acids is 1. The van der Waals surface area contributed by atoms with Gasteiger partial charge in [-0.1, -0.05) is 0 Å². The first kappa shape index (κ1) is 14.1. The van der Waals surface area contributed by atoms with Gasteiger partial charge in [-0.15, -0.1) is 0 Å². The standard InChI is InChI=1S/C13H23N3O3/c1-13(11(17)18)6-4-7-16(13)12(19)15-8-5-10(9-15)14(2)3/h10H,4-9H2,1-3H3,(H,17,18). The lowest BCUT2D eigenvalue weighted by Crippen LogP contribution is -2.55. The molecule has 0 radical (unpaired) electrons. The zero-order valence-electron chi connectivity index (χ0n) is 11.9. The Morgan fingerprint density at radius 2 is 2.00 bits per heavy atom. The molecule has 2 atom stereocenters. The molecule has 2 aliphatic rings. The Hall–Kier alpha value is -1.30. The summed E-state index contributed by atoms with van der Waals surface area (Å²) < 4.78 is 0. The Labute approximate surface area is 114 Å². The number of hydrogen-bond acceptors (Lipinski definition) is 3. The van der Waals surface area contributed by atoms with Gasteiger partial charge >= 0.3 is 12.0 Å². The molecule has 2 fully saturated rings. The zero-order valence-corrected chi connectivity index (χ0v) is 11.9. The van der Waals surface area contributed by atoms with Gasteiger partial charge in [0.2, 0.25) is 0 Å². The number of carbonyl (C=O) groups excluding carboxylic acids is 1.